The van der Waals surface area contributed by atoms with E-state index in [9.17, 15) is 9.59 Å². The monoisotopic (exact) mass is 255 g/mol. The second kappa shape index (κ2) is 6.21. The number of rotatable bonds is 2. The molecule has 0 aromatic rings. The summed E-state index contributed by atoms with van der Waals surface area (Å²) < 4.78 is 5.25. The van der Waals surface area contributed by atoms with Crippen LogP contribution < -0.4 is 5.32 Å². The summed E-state index contributed by atoms with van der Waals surface area (Å²) in [5, 5.41) is 2.86. The van der Waals surface area contributed by atoms with Gasteiger partial charge in [-0.25, -0.2) is 4.79 Å². The van der Waals surface area contributed by atoms with Crippen LogP contribution in [0.2, 0.25) is 0 Å². The van der Waals surface area contributed by atoms with E-state index in [1.165, 1.54) is 0 Å². The van der Waals surface area contributed by atoms with Crippen LogP contribution in [0.3, 0.4) is 0 Å². The first-order valence-electron chi connectivity index (χ1n) is 6.79. The van der Waals surface area contributed by atoms with Crippen molar-refractivity contribution in [1.29, 1.82) is 0 Å². The van der Waals surface area contributed by atoms with Crippen molar-refractivity contribution in [3.05, 3.63) is 0 Å². The van der Waals surface area contributed by atoms with Gasteiger partial charge in [0.15, 0.2) is 0 Å². The van der Waals surface area contributed by atoms with Crippen molar-refractivity contribution >= 4 is 11.9 Å². The lowest BCUT2D eigenvalue weighted by Gasteiger charge is -2.26. The summed E-state index contributed by atoms with van der Waals surface area (Å²) in [7, 11) is 0. The van der Waals surface area contributed by atoms with Gasteiger partial charge in [0.2, 0.25) is 0 Å². The Hall–Kier alpha value is -1.06. The van der Waals surface area contributed by atoms with Crippen molar-refractivity contribution in [2.24, 2.45) is 5.92 Å². The van der Waals surface area contributed by atoms with Gasteiger partial charge in [-0.15, -0.1) is 0 Å². The number of Topliss-reactive ketones (excluding diaryl/α,β-unsaturated/α-hetero) is 1. The number of carbonyl (C=O) groups excluding carboxylic acids is 2. The predicted octanol–water partition coefficient (Wildman–Crippen LogP) is 3.05. The molecule has 2 atom stereocenters. The fourth-order valence-electron chi connectivity index (χ4n) is 2.43. The van der Waals surface area contributed by atoms with Gasteiger partial charge < -0.3 is 10.1 Å². The molecule has 0 aromatic heterocycles. The Labute approximate surface area is 109 Å². The van der Waals surface area contributed by atoms with Gasteiger partial charge >= 0.3 is 6.09 Å². The molecule has 1 N–H and O–H groups in total. The van der Waals surface area contributed by atoms with Gasteiger partial charge in [-0.1, -0.05) is 19.3 Å². The molecule has 0 saturated heterocycles. The minimum Gasteiger partial charge on any atom is -0.444 e. The molecule has 0 bridgehead atoms. The lowest BCUT2D eigenvalue weighted by atomic mass is 9.91. The summed E-state index contributed by atoms with van der Waals surface area (Å²) in [6, 6.07) is -0.0696. The first-order chi connectivity index (χ1) is 8.29. The van der Waals surface area contributed by atoms with Crippen LogP contribution in [0.1, 0.15) is 59.8 Å². The number of nitrogens with one attached hydrogen (secondary N) is 1. The summed E-state index contributed by atoms with van der Waals surface area (Å²) in [5.74, 6) is 0.109. The molecule has 4 heteroatoms. The zero-order valence-electron chi connectivity index (χ0n) is 11.9. The topological polar surface area (TPSA) is 55.4 Å². The van der Waals surface area contributed by atoms with Crippen LogP contribution in [0, 0.1) is 5.92 Å². The second-order valence-corrected chi connectivity index (χ2v) is 6.11. The van der Waals surface area contributed by atoms with Crippen LogP contribution in [-0.4, -0.2) is 23.5 Å². The Kier molecular flexibility index (Phi) is 5.17. The second-order valence-electron chi connectivity index (χ2n) is 6.11. The average Bonchev–Trinajstić information content (AvgIpc) is 2.39. The third-order valence-corrected chi connectivity index (χ3v) is 3.24. The van der Waals surface area contributed by atoms with E-state index in [0.717, 1.165) is 32.1 Å². The fraction of sp³-hybridized carbons (Fsp3) is 0.857. The molecule has 1 amide bonds. The fourth-order valence-corrected chi connectivity index (χ4v) is 2.43. The number of carbonyl (C=O) groups is 2. The van der Waals surface area contributed by atoms with Crippen molar-refractivity contribution in [2.45, 2.75) is 71.4 Å². The van der Waals surface area contributed by atoms with Gasteiger partial charge in [0.05, 0.1) is 0 Å². The number of hydrogen-bond acceptors (Lipinski definition) is 3. The van der Waals surface area contributed by atoms with E-state index in [0.29, 0.717) is 0 Å². The van der Waals surface area contributed by atoms with E-state index in [4.69, 9.17) is 4.74 Å². The zero-order chi connectivity index (χ0) is 13.8. The Morgan fingerprint density at radius 2 is 1.72 bits per heavy atom. The molecule has 18 heavy (non-hydrogen) atoms. The van der Waals surface area contributed by atoms with E-state index >= 15 is 0 Å². The first kappa shape index (κ1) is 15.0. The van der Waals surface area contributed by atoms with Gasteiger partial charge in [-0.3, -0.25) is 4.79 Å². The molecule has 1 saturated carbocycles. The summed E-state index contributed by atoms with van der Waals surface area (Å²) in [6.07, 6.45) is 4.58. The summed E-state index contributed by atoms with van der Waals surface area (Å²) in [4.78, 5) is 23.4. The van der Waals surface area contributed by atoms with Gasteiger partial charge in [0.25, 0.3) is 0 Å². The Morgan fingerprint density at radius 1 is 1.11 bits per heavy atom. The van der Waals surface area contributed by atoms with E-state index in [-0.39, 0.29) is 17.7 Å². The Bertz CT molecular complexity index is 307. The van der Waals surface area contributed by atoms with Gasteiger partial charge in [-0.05, 0) is 40.5 Å². The molecule has 1 aliphatic carbocycles. The van der Waals surface area contributed by atoms with E-state index in [2.05, 4.69) is 5.32 Å². The summed E-state index contributed by atoms with van der Waals surface area (Å²) >= 11 is 0. The minimum atomic E-state index is -0.499. The van der Waals surface area contributed by atoms with Crippen LogP contribution in [0.25, 0.3) is 0 Å². The van der Waals surface area contributed by atoms with Crippen molar-refractivity contribution in [1.82, 2.24) is 5.32 Å². The van der Waals surface area contributed by atoms with Crippen molar-refractivity contribution in [2.75, 3.05) is 0 Å². The highest BCUT2D eigenvalue weighted by atomic mass is 16.6. The molecule has 104 valence electrons. The molecule has 1 rings (SSSR count). The number of amides is 1. The normalized spacial score (nSPS) is 25.1. The molecule has 0 aromatic carbocycles. The highest BCUT2D eigenvalue weighted by Gasteiger charge is 2.29. The highest BCUT2D eigenvalue weighted by Crippen LogP contribution is 2.24. The van der Waals surface area contributed by atoms with E-state index < -0.39 is 11.7 Å². The Morgan fingerprint density at radius 3 is 2.28 bits per heavy atom. The maximum Gasteiger partial charge on any atom is 0.407 e. The van der Waals surface area contributed by atoms with Crippen LogP contribution in [0.4, 0.5) is 4.79 Å². The van der Waals surface area contributed by atoms with Crippen LogP contribution in [0.5, 0.6) is 0 Å². The van der Waals surface area contributed by atoms with Crippen LogP contribution >= 0.6 is 0 Å². The molecule has 1 fully saturated rings. The number of ketones is 1. The SMILES string of the molecule is CC(=O)C1CCCCCC1NC(=O)OC(C)(C)C. The molecule has 2 unspecified atom stereocenters. The molecule has 0 heterocycles. The molecular formula is C14H25NO3. The van der Waals surface area contributed by atoms with E-state index in [1.54, 1.807) is 6.92 Å². The van der Waals surface area contributed by atoms with Crippen molar-refractivity contribution < 1.29 is 14.3 Å². The summed E-state index contributed by atoms with van der Waals surface area (Å²) in [5.41, 5.74) is -0.499. The van der Waals surface area contributed by atoms with Crippen LogP contribution in [0.15, 0.2) is 0 Å². The third-order valence-electron chi connectivity index (χ3n) is 3.24. The molecule has 0 aliphatic heterocycles. The number of alkyl carbamates (subject to hydrolysis) is 1. The highest BCUT2D eigenvalue weighted by molar-refractivity contribution is 5.80. The third kappa shape index (κ3) is 5.07. The zero-order valence-corrected chi connectivity index (χ0v) is 11.9. The van der Waals surface area contributed by atoms with E-state index in [1.807, 2.05) is 20.8 Å². The lowest BCUT2D eigenvalue weighted by molar-refractivity contribution is -0.121. The minimum absolute atomic E-state index is 0.0555. The maximum atomic E-state index is 11.8. The van der Waals surface area contributed by atoms with Crippen molar-refractivity contribution in [3.63, 3.8) is 0 Å². The molecule has 0 spiro atoms. The number of hydrogen-bond donors (Lipinski definition) is 1. The van der Waals surface area contributed by atoms with Gasteiger partial charge in [0, 0.05) is 12.0 Å². The van der Waals surface area contributed by atoms with Crippen molar-refractivity contribution in [3.8, 4) is 0 Å². The first-order valence-corrected chi connectivity index (χ1v) is 6.79. The number of ether oxygens (including phenoxy) is 1. The Balaban J connectivity index is 2.60. The largest absolute Gasteiger partial charge is 0.444 e. The smallest absolute Gasteiger partial charge is 0.407 e. The maximum absolute atomic E-state index is 11.8. The lowest BCUT2D eigenvalue weighted by Crippen LogP contribution is -2.44. The van der Waals surface area contributed by atoms with Crippen LogP contribution in [-0.2, 0) is 9.53 Å². The standard InChI is InChI=1S/C14H25NO3/c1-10(16)11-8-6-5-7-9-12(11)15-13(17)18-14(2,3)4/h11-12H,5-9H2,1-4H3,(H,15,17). The van der Waals surface area contributed by atoms with Gasteiger partial charge in [-0.2, -0.15) is 0 Å². The average molecular weight is 255 g/mol. The predicted molar refractivity (Wildman–Crippen MR) is 70.4 cm³/mol. The molecule has 4 nitrogen and oxygen atoms in total. The molecule has 1 aliphatic rings. The van der Waals surface area contributed by atoms with Gasteiger partial charge in [0.1, 0.15) is 11.4 Å². The molecular weight excluding hydrogens is 230 g/mol. The quantitative estimate of drug-likeness (QED) is 0.772. The molecule has 0 radical (unpaired) electrons. The summed E-state index contributed by atoms with van der Waals surface area (Å²) in [6.45, 7) is 7.12.